The average molecular weight is 676 g/mol. The number of rotatable bonds is 7. The summed E-state index contributed by atoms with van der Waals surface area (Å²) in [5, 5.41) is 19.1. The highest BCUT2D eigenvalue weighted by molar-refractivity contribution is 8.01. The molecule has 0 fully saturated rings. The van der Waals surface area contributed by atoms with Gasteiger partial charge in [-0.3, -0.25) is 0 Å². The fraction of sp³-hybridized carbons (Fsp3) is 0. The third-order valence-electron chi connectivity index (χ3n) is 5.57. The van der Waals surface area contributed by atoms with Crippen molar-refractivity contribution in [2.75, 3.05) is 0 Å². The summed E-state index contributed by atoms with van der Waals surface area (Å²) in [7, 11) is -8.37. The van der Waals surface area contributed by atoms with Crippen LogP contribution in [-0.2, 0) is 0 Å². The minimum absolute atomic E-state index is 0.173. The summed E-state index contributed by atoms with van der Waals surface area (Å²) in [6.07, 6.45) is 0. The fourth-order valence-corrected chi connectivity index (χ4v) is 16.4. The quantitative estimate of drug-likeness (QED) is 0.0842. The second-order valence-corrected chi connectivity index (χ2v) is 16.4. The van der Waals surface area contributed by atoms with Crippen LogP contribution in [0.2, 0.25) is 0 Å². The predicted octanol–water partition coefficient (Wildman–Crippen LogP) is 3.99. The molecule has 5 rings (SSSR count). The van der Waals surface area contributed by atoms with Crippen molar-refractivity contribution in [2.24, 2.45) is 0 Å². The normalized spacial score (nSPS) is 12.2. The van der Waals surface area contributed by atoms with Gasteiger partial charge in [0.2, 0.25) is 7.26 Å². The van der Waals surface area contributed by atoms with Crippen molar-refractivity contribution < 1.29 is 43.6 Å². The molecule has 198 valence electrons. The second-order valence-electron chi connectivity index (χ2n) is 8.16. The molecule has 5 aromatic rings. The Kier molecular flexibility index (Phi) is 10.00. The third kappa shape index (κ3) is 7.38. The molecule has 0 bridgehead atoms. The highest BCUT2D eigenvalue weighted by Gasteiger charge is 2.58. The van der Waals surface area contributed by atoms with Crippen molar-refractivity contribution in [3.05, 3.63) is 151 Å². The maximum absolute atomic E-state index is 14.5. The molecule has 1 aromatic heterocycles. The smallest absolute Gasteiger partial charge is 0.673 e. The van der Waals surface area contributed by atoms with Gasteiger partial charge >= 0.3 is 31.8 Å². The standard InChI is InChI=1S/C30H23IOPS.BF4/c32-29(24-14-5-1-6-15-24)30(31-25-16-7-2-8-17-25)33(28-22-13-23-34-28,26-18-9-3-10-19-26)27-20-11-4-12-21-27;2-1(3,4)5/h1-23H;/q+1;-1/b30-29-;. The van der Waals surface area contributed by atoms with Crippen molar-refractivity contribution >= 4 is 46.8 Å². The molecule has 0 atom stereocenters. The summed E-state index contributed by atoms with van der Waals surface area (Å²) in [5.74, 6) is 0.173. The van der Waals surface area contributed by atoms with E-state index in [4.69, 9.17) is 0 Å². The summed E-state index contributed by atoms with van der Waals surface area (Å²) in [5.41, 5.74) is 0.765. The van der Waals surface area contributed by atoms with Gasteiger partial charge in [0.15, 0.2) is 8.19 Å². The van der Waals surface area contributed by atoms with E-state index in [2.05, 4.69) is 102 Å². The van der Waals surface area contributed by atoms with Crippen LogP contribution in [0.4, 0.5) is 17.3 Å². The maximum atomic E-state index is 14.5. The lowest BCUT2D eigenvalue weighted by Gasteiger charge is -2.25. The number of halogens is 5. The van der Waals surface area contributed by atoms with Crippen molar-refractivity contribution in [3.8, 4) is 0 Å². The van der Waals surface area contributed by atoms with Gasteiger partial charge in [-0.25, -0.2) is 0 Å². The minimum Gasteiger partial charge on any atom is -0.867 e. The molecule has 1 heterocycles. The highest BCUT2D eigenvalue weighted by Crippen LogP contribution is 2.61. The molecule has 4 aromatic carbocycles. The predicted molar refractivity (Wildman–Crippen MR) is 152 cm³/mol. The van der Waals surface area contributed by atoms with Gasteiger partial charge < -0.3 is 22.4 Å². The van der Waals surface area contributed by atoms with E-state index in [0.29, 0.717) is 0 Å². The van der Waals surface area contributed by atoms with Crippen molar-refractivity contribution in [2.45, 2.75) is 0 Å². The Morgan fingerprint density at radius 2 is 1.05 bits per heavy atom. The van der Waals surface area contributed by atoms with Gasteiger partial charge in [-0.15, -0.1) is 11.3 Å². The molecule has 0 aliphatic rings. The number of hydrogen-bond acceptors (Lipinski definition) is 2. The van der Waals surface area contributed by atoms with Crippen LogP contribution in [0.3, 0.4) is 0 Å². The van der Waals surface area contributed by atoms with Gasteiger partial charge in [0, 0.05) is 0 Å². The first-order chi connectivity index (χ1) is 18.8. The van der Waals surface area contributed by atoms with Crippen LogP contribution in [0.1, 0.15) is 5.56 Å². The summed E-state index contributed by atoms with van der Waals surface area (Å²) in [4.78, 5) is 0. The van der Waals surface area contributed by atoms with Crippen molar-refractivity contribution in [3.63, 3.8) is 0 Å². The van der Waals surface area contributed by atoms with Gasteiger partial charge in [-0.05, 0) is 65.2 Å². The molecule has 0 spiro atoms. The van der Waals surface area contributed by atoms with Crippen LogP contribution in [0.15, 0.2) is 142 Å². The largest absolute Gasteiger partial charge is 0.867 e. The van der Waals surface area contributed by atoms with E-state index in [1.54, 1.807) is 11.3 Å². The van der Waals surface area contributed by atoms with Crippen LogP contribution >= 0.6 is 18.6 Å². The molecule has 39 heavy (non-hydrogen) atoms. The Bertz CT molecular complexity index is 1420. The second kappa shape index (κ2) is 13.4. The van der Waals surface area contributed by atoms with Gasteiger partial charge in [0.25, 0.3) is 0 Å². The molecule has 0 N–H and O–H groups in total. The van der Waals surface area contributed by atoms with Gasteiger partial charge in [0.1, 0.15) is 10.6 Å². The molecule has 9 heteroatoms. The fourth-order valence-electron chi connectivity index (χ4n) is 4.04. The topological polar surface area (TPSA) is 23.1 Å². The zero-order valence-electron chi connectivity index (χ0n) is 20.5. The van der Waals surface area contributed by atoms with E-state index in [1.807, 2.05) is 36.4 Å². The Labute approximate surface area is 240 Å². The zero-order chi connectivity index (χ0) is 27.7. The Hall–Kier alpha value is -2.94. The molecule has 0 saturated carbocycles. The molecular formula is C30H23BF4IOPS. The van der Waals surface area contributed by atoms with E-state index in [9.17, 15) is 22.4 Å². The first kappa shape index (κ1) is 29.1. The van der Waals surface area contributed by atoms with E-state index in [-0.39, 0.29) is 5.76 Å². The van der Waals surface area contributed by atoms with Crippen LogP contribution in [0.25, 0.3) is 5.76 Å². The SMILES string of the molecule is F[B-](F)(F)F.[O-]/C(=C(/[I+]c1ccccc1)[P+](c1ccccc1)(c1ccccc1)c1cccs1)c1ccccc1. The number of benzene rings is 4. The van der Waals surface area contributed by atoms with E-state index < -0.39 is 35.7 Å². The molecule has 0 unspecified atom stereocenters. The highest BCUT2D eigenvalue weighted by atomic mass is 127. The molecule has 0 amide bonds. The molecule has 0 radical (unpaired) electrons. The number of thiophene rings is 1. The first-order valence-electron chi connectivity index (χ1n) is 11.9. The van der Waals surface area contributed by atoms with Crippen molar-refractivity contribution in [1.29, 1.82) is 0 Å². The lowest BCUT2D eigenvalue weighted by Crippen LogP contribution is -3.61. The summed E-state index contributed by atoms with van der Waals surface area (Å²) < 4.78 is 42.6. The van der Waals surface area contributed by atoms with Crippen LogP contribution < -0.4 is 41.5 Å². The first-order valence-corrected chi connectivity index (χ1v) is 16.7. The Morgan fingerprint density at radius 3 is 1.49 bits per heavy atom. The molecular weight excluding hydrogens is 653 g/mol. The zero-order valence-corrected chi connectivity index (χ0v) is 24.4. The van der Waals surface area contributed by atoms with Gasteiger partial charge in [-0.1, -0.05) is 84.9 Å². The molecule has 1 nitrogen and oxygen atoms in total. The van der Waals surface area contributed by atoms with Crippen LogP contribution in [0, 0.1) is 3.57 Å². The summed E-state index contributed by atoms with van der Waals surface area (Å²) in [6.45, 7) is 0. The van der Waals surface area contributed by atoms with Crippen LogP contribution in [-0.4, -0.2) is 7.25 Å². The monoisotopic (exact) mass is 676 g/mol. The van der Waals surface area contributed by atoms with Crippen molar-refractivity contribution in [1.82, 2.24) is 0 Å². The Balaban J connectivity index is 0.000000648. The minimum atomic E-state index is -6.00. The third-order valence-corrected chi connectivity index (χ3v) is 16.2. The van der Waals surface area contributed by atoms with Crippen LogP contribution in [0.5, 0.6) is 0 Å². The summed E-state index contributed by atoms with van der Waals surface area (Å²) in [6, 6.07) is 46.1. The molecule has 0 aliphatic heterocycles. The molecule has 0 saturated heterocycles. The van der Waals surface area contributed by atoms with Gasteiger partial charge in [-0.2, -0.15) is 0 Å². The van der Waals surface area contributed by atoms with E-state index >= 15 is 0 Å². The number of hydrogen-bond donors (Lipinski definition) is 0. The summed E-state index contributed by atoms with van der Waals surface area (Å²) >= 11 is 1.04. The Morgan fingerprint density at radius 1 is 0.615 bits per heavy atom. The van der Waals surface area contributed by atoms with E-state index in [1.165, 1.54) is 18.8 Å². The maximum Gasteiger partial charge on any atom is 0.673 e. The lowest BCUT2D eigenvalue weighted by molar-refractivity contribution is -0.568. The van der Waals surface area contributed by atoms with E-state index in [0.717, 1.165) is 8.88 Å². The lowest BCUT2D eigenvalue weighted by atomic mass is 10.2. The average Bonchev–Trinajstić information content (AvgIpc) is 3.49. The van der Waals surface area contributed by atoms with Gasteiger partial charge in [0.05, 0.1) is 0 Å². The molecule has 0 aliphatic carbocycles.